The molecule has 2 aromatic rings. The van der Waals surface area contributed by atoms with Crippen molar-refractivity contribution in [3.8, 4) is 6.07 Å². The van der Waals surface area contributed by atoms with Gasteiger partial charge < -0.3 is 9.88 Å². The van der Waals surface area contributed by atoms with Crippen molar-refractivity contribution in [3.63, 3.8) is 0 Å². The molecule has 1 heterocycles. The Labute approximate surface area is 118 Å². The van der Waals surface area contributed by atoms with Crippen LogP contribution in [0, 0.1) is 24.1 Å². The Kier molecular flexibility index (Phi) is 4.54. The fourth-order valence-corrected chi connectivity index (χ4v) is 2.20. The number of rotatable bonds is 5. The highest BCUT2D eigenvalue weighted by Gasteiger charge is 2.07. The van der Waals surface area contributed by atoms with Crippen LogP contribution in [0.5, 0.6) is 0 Å². The monoisotopic (exact) mass is 271 g/mol. The Hall–Kier alpha value is -2.12. The van der Waals surface area contributed by atoms with Crippen LogP contribution >= 0.6 is 0 Å². The Bertz CT molecular complexity index is 638. The Morgan fingerprint density at radius 2 is 2.15 bits per heavy atom. The van der Waals surface area contributed by atoms with E-state index in [1.165, 1.54) is 6.07 Å². The molecular weight excluding hydrogens is 253 g/mol. The minimum atomic E-state index is -0.194. The third-order valence-corrected chi connectivity index (χ3v) is 3.55. The van der Waals surface area contributed by atoms with Crippen LogP contribution in [0.1, 0.15) is 22.5 Å². The molecule has 0 saturated heterocycles. The van der Waals surface area contributed by atoms with Crippen LogP contribution in [0.15, 0.2) is 30.3 Å². The Morgan fingerprint density at radius 3 is 2.80 bits per heavy atom. The van der Waals surface area contributed by atoms with Crippen molar-refractivity contribution < 1.29 is 4.39 Å². The van der Waals surface area contributed by atoms with E-state index in [1.807, 2.05) is 30.7 Å². The van der Waals surface area contributed by atoms with Crippen molar-refractivity contribution in [2.75, 3.05) is 6.54 Å². The first-order chi connectivity index (χ1) is 9.61. The standard InChI is InChI=1S/C16H18FN3/c1-12-14(9-16(10-18)20(12)2)11-19-7-6-13-4-3-5-15(17)8-13/h3-5,8-9,19H,6-7,11H2,1-2H3. The zero-order chi connectivity index (χ0) is 14.5. The van der Waals surface area contributed by atoms with E-state index in [9.17, 15) is 4.39 Å². The van der Waals surface area contributed by atoms with E-state index in [4.69, 9.17) is 5.26 Å². The molecule has 0 aliphatic heterocycles. The molecule has 0 spiro atoms. The van der Waals surface area contributed by atoms with Crippen molar-refractivity contribution in [1.82, 2.24) is 9.88 Å². The summed E-state index contributed by atoms with van der Waals surface area (Å²) in [6, 6.07) is 10.7. The molecule has 104 valence electrons. The van der Waals surface area contributed by atoms with Gasteiger partial charge in [-0.1, -0.05) is 12.1 Å². The molecule has 0 unspecified atom stereocenters. The molecule has 1 N–H and O–H groups in total. The van der Waals surface area contributed by atoms with Crippen molar-refractivity contribution in [3.05, 3.63) is 58.7 Å². The molecule has 0 saturated carbocycles. The summed E-state index contributed by atoms with van der Waals surface area (Å²) in [4.78, 5) is 0. The predicted octanol–water partition coefficient (Wildman–Crippen LogP) is 2.68. The molecule has 0 aliphatic rings. The molecule has 0 aliphatic carbocycles. The smallest absolute Gasteiger partial charge is 0.123 e. The molecule has 0 fully saturated rings. The summed E-state index contributed by atoms with van der Waals surface area (Å²) in [5.41, 5.74) is 3.88. The summed E-state index contributed by atoms with van der Waals surface area (Å²) in [6.07, 6.45) is 0.786. The van der Waals surface area contributed by atoms with Gasteiger partial charge in [0.05, 0.1) is 0 Å². The highest BCUT2D eigenvalue weighted by molar-refractivity contribution is 5.34. The van der Waals surface area contributed by atoms with E-state index in [-0.39, 0.29) is 5.82 Å². The van der Waals surface area contributed by atoms with Crippen LogP contribution in [0.2, 0.25) is 0 Å². The van der Waals surface area contributed by atoms with Gasteiger partial charge in [0.15, 0.2) is 0 Å². The second-order valence-corrected chi connectivity index (χ2v) is 4.87. The lowest BCUT2D eigenvalue weighted by atomic mass is 10.1. The highest BCUT2D eigenvalue weighted by Crippen LogP contribution is 2.13. The SMILES string of the molecule is Cc1c(CNCCc2cccc(F)c2)cc(C#N)n1C. The molecular formula is C16H18FN3. The molecule has 20 heavy (non-hydrogen) atoms. The van der Waals surface area contributed by atoms with Crippen LogP contribution in [0.25, 0.3) is 0 Å². The summed E-state index contributed by atoms with van der Waals surface area (Å²) >= 11 is 0. The summed E-state index contributed by atoms with van der Waals surface area (Å²) in [7, 11) is 1.89. The maximum atomic E-state index is 13.0. The summed E-state index contributed by atoms with van der Waals surface area (Å²) in [5.74, 6) is -0.194. The zero-order valence-corrected chi connectivity index (χ0v) is 11.8. The average molecular weight is 271 g/mol. The maximum absolute atomic E-state index is 13.0. The van der Waals surface area contributed by atoms with Gasteiger partial charge in [-0.25, -0.2) is 4.39 Å². The van der Waals surface area contributed by atoms with Gasteiger partial charge in [-0.05, 0) is 49.2 Å². The van der Waals surface area contributed by atoms with E-state index in [0.717, 1.165) is 36.3 Å². The van der Waals surface area contributed by atoms with Crippen LogP contribution in [0.3, 0.4) is 0 Å². The lowest BCUT2D eigenvalue weighted by Crippen LogP contribution is -2.17. The van der Waals surface area contributed by atoms with Gasteiger partial charge >= 0.3 is 0 Å². The van der Waals surface area contributed by atoms with Gasteiger partial charge in [0, 0.05) is 19.3 Å². The molecule has 0 bridgehead atoms. The van der Waals surface area contributed by atoms with Crippen LogP contribution in [-0.2, 0) is 20.0 Å². The van der Waals surface area contributed by atoms with Crippen LogP contribution in [-0.4, -0.2) is 11.1 Å². The molecule has 1 aromatic carbocycles. The van der Waals surface area contributed by atoms with Gasteiger partial charge in [-0.2, -0.15) is 5.26 Å². The topological polar surface area (TPSA) is 40.8 Å². The van der Waals surface area contributed by atoms with E-state index < -0.39 is 0 Å². The average Bonchev–Trinajstić information content (AvgIpc) is 2.71. The minimum Gasteiger partial charge on any atom is -0.340 e. The number of hydrogen-bond acceptors (Lipinski definition) is 2. The van der Waals surface area contributed by atoms with Gasteiger partial charge in [-0.15, -0.1) is 0 Å². The Morgan fingerprint density at radius 1 is 1.35 bits per heavy atom. The number of nitrogens with one attached hydrogen (secondary N) is 1. The molecule has 0 amide bonds. The van der Waals surface area contributed by atoms with Crippen molar-refractivity contribution >= 4 is 0 Å². The first kappa shape index (κ1) is 14.3. The molecule has 4 heteroatoms. The van der Waals surface area contributed by atoms with E-state index >= 15 is 0 Å². The third-order valence-electron chi connectivity index (χ3n) is 3.55. The first-order valence-electron chi connectivity index (χ1n) is 6.62. The van der Waals surface area contributed by atoms with E-state index in [2.05, 4.69) is 11.4 Å². The number of aromatic nitrogens is 1. The fourth-order valence-electron chi connectivity index (χ4n) is 2.20. The van der Waals surface area contributed by atoms with Gasteiger partial charge in [0.1, 0.15) is 17.6 Å². The second kappa shape index (κ2) is 6.36. The van der Waals surface area contributed by atoms with Crippen LogP contribution in [0.4, 0.5) is 4.39 Å². The second-order valence-electron chi connectivity index (χ2n) is 4.87. The lowest BCUT2D eigenvalue weighted by Gasteiger charge is -2.05. The summed E-state index contributed by atoms with van der Waals surface area (Å²) < 4.78 is 14.9. The number of hydrogen-bond donors (Lipinski definition) is 1. The predicted molar refractivity (Wildman–Crippen MR) is 76.7 cm³/mol. The van der Waals surface area contributed by atoms with Crippen LogP contribution < -0.4 is 5.32 Å². The quantitative estimate of drug-likeness (QED) is 0.849. The fraction of sp³-hybridized carbons (Fsp3) is 0.312. The summed E-state index contributed by atoms with van der Waals surface area (Å²) in [6.45, 7) is 3.50. The number of benzene rings is 1. The number of nitriles is 1. The minimum absolute atomic E-state index is 0.194. The molecule has 0 radical (unpaired) electrons. The lowest BCUT2D eigenvalue weighted by molar-refractivity contribution is 0.622. The number of nitrogens with zero attached hydrogens (tertiary/aromatic N) is 2. The largest absolute Gasteiger partial charge is 0.340 e. The Balaban J connectivity index is 1.86. The normalized spacial score (nSPS) is 10.5. The van der Waals surface area contributed by atoms with Crippen molar-refractivity contribution in [2.24, 2.45) is 7.05 Å². The molecule has 1 aromatic heterocycles. The van der Waals surface area contributed by atoms with E-state index in [1.54, 1.807) is 12.1 Å². The number of halogens is 1. The zero-order valence-electron chi connectivity index (χ0n) is 11.8. The summed E-state index contributed by atoms with van der Waals surface area (Å²) in [5, 5.41) is 12.3. The first-order valence-corrected chi connectivity index (χ1v) is 6.62. The van der Waals surface area contributed by atoms with Gasteiger partial charge in [-0.3, -0.25) is 0 Å². The molecule has 2 rings (SSSR count). The molecule has 0 atom stereocenters. The maximum Gasteiger partial charge on any atom is 0.123 e. The van der Waals surface area contributed by atoms with Gasteiger partial charge in [0.25, 0.3) is 0 Å². The van der Waals surface area contributed by atoms with E-state index in [0.29, 0.717) is 5.69 Å². The highest BCUT2D eigenvalue weighted by atomic mass is 19.1. The third kappa shape index (κ3) is 3.25. The van der Waals surface area contributed by atoms with Crippen molar-refractivity contribution in [1.29, 1.82) is 5.26 Å². The van der Waals surface area contributed by atoms with Gasteiger partial charge in [0.2, 0.25) is 0 Å². The molecule has 3 nitrogen and oxygen atoms in total. The van der Waals surface area contributed by atoms with Crippen molar-refractivity contribution in [2.45, 2.75) is 19.9 Å².